The van der Waals surface area contributed by atoms with Crippen molar-refractivity contribution in [3.8, 4) is 0 Å². The summed E-state index contributed by atoms with van der Waals surface area (Å²) in [6.07, 6.45) is 5.56. The van der Waals surface area contributed by atoms with Crippen LogP contribution >= 0.6 is 0 Å². The lowest BCUT2D eigenvalue weighted by atomic mass is 9.73. The van der Waals surface area contributed by atoms with Crippen LogP contribution in [0.2, 0.25) is 0 Å². The van der Waals surface area contributed by atoms with Gasteiger partial charge in [-0.1, -0.05) is 27.7 Å². The number of hydrogen-bond donors (Lipinski definition) is 1. The van der Waals surface area contributed by atoms with Crippen molar-refractivity contribution in [1.29, 1.82) is 0 Å². The van der Waals surface area contributed by atoms with Gasteiger partial charge in [0.05, 0.1) is 6.04 Å². The van der Waals surface area contributed by atoms with Crippen molar-refractivity contribution in [3.63, 3.8) is 0 Å². The molecule has 1 aromatic heterocycles. The van der Waals surface area contributed by atoms with Crippen LogP contribution in [-0.4, -0.2) is 27.9 Å². The molecule has 2 atom stereocenters. The van der Waals surface area contributed by atoms with Crippen molar-refractivity contribution in [3.05, 3.63) is 11.6 Å². The van der Waals surface area contributed by atoms with Gasteiger partial charge < -0.3 is 5.32 Å². The van der Waals surface area contributed by atoms with Gasteiger partial charge in [0, 0.05) is 18.9 Å². The predicted molar refractivity (Wildman–Crippen MR) is 78.3 cm³/mol. The average Bonchev–Trinajstić information content (AvgIpc) is 2.81. The standard InChI is InChI=1S/C15H28N4/c1-6-13-17-14(7-2)19(18-13)12-10-15(3,4)9-8-11(12)16-5/h11-12,16H,6-10H2,1-5H3. The Kier molecular flexibility index (Phi) is 4.29. The Morgan fingerprint density at radius 2 is 2.05 bits per heavy atom. The zero-order chi connectivity index (χ0) is 14.0. The van der Waals surface area contributed by atoms with Crippen molar-refractivity contribution < 1.29 is 0 Å². The van der Waals surface area contributed by atoms with Gasteiger partial charge in [-0.15, -0.1) is 0 Å². The monoisotopic (exact) mass is 264 g/mol. The van der Waals surface area contributed by atoms with Crippen LogP contribution in [0.5, 0.6) is 0 Å². The Hall–Kier alpha value is -0.900. The molecular weight excluding hydrogens is 236 g/mol. The highest BCUT2D eigenvalue weighted by atomic mass is 15.4. The van der Waals surface area contributed by atoms with Gasteiger partial charge in [-0.05, 0) is 31.7 Å². The molecule has 19 heavy (non-hydrogen) atoms. The van der Waals surface area contributed by atoms with Crippen LogP contribution in [0, 0.1) is 5.41 Å². The summed E-state index contributed by atoms with van der Waals surface area (Å²) in [6.45, 7) is 9.03. The summed E-state index contributed by atoms with van der Waals surface area (Å²) in [5.41, 5.74) is 0.404. The second-order valence-corrected chi connectivity index (χ2v) is 6.47. The minimum atomic E-state index is 0.404. The van der Waals surface area contributed by atoms with Gasteiger partial charge in [0.25, 0.3) is 0 Å². The Bertz CT molecular complexity index is 422. The maximum Gasteiger partial charge on any atom is 0.150 e. The lowest BCUT2D eigenvalue weighted by molar-refractivity contribution is 0.136. The molecule has 1 aliphatic rings. The van der Waals surface area contributed by atoms with Gasteiger partial charge >= 0.3 is 0 Å². The third-order valence-corrected chi connectivity index (χ3v) is 4.42. The number of hydrogen-bond acceptors (Lipinski definition) is 3. The van der Waals surface area contributed by atoms with Crippen molar-refractivity contribution in [2.24, 2.45) is 5.41 Å². The van der Waals surface area contributed by atoms with E-state index in [2.05, 4.69) is 49.7 Å². The first kappa shape index (κ1) is 14.5. The van der Waals surface area contributed by atoms with Crippen LogP contribution in [-0.2, 0) is 12.8 Å². The molecule has 1 N–H and O–H groups in total. The highest BCUT2D eigenvalue weighted by Crippen LogP contribution is 2.41. The molecule has 0 aliphatic heterocycles. The largest absolute Gasteiger partial charge is 0.315 e. The predicted octanol–water partition coefficient (Wildman–Crippen LogP) is 2.74. The van der Waals surface area contributed by atoms with E-state index in [1.807, 2.05) is 0 Å². The molecular formula is C15H28N4. The first-order valence-electron chi connectivity index (χ1n) is 7.62. The van der Waals surface area contributed by atoms with Crippen LogP contribution in [0.15, 0.2) is 0 Å². The lowest BCUT2D eigenvalue weighted by Gasteiger charge is -2.41. The van der Waals surface area contributed by atoms with Crippen molar-refractivity contribution >= 4 is 0 Å². The van der Waals surface area contributed by atoms with E-state index in [1.54, 1.807) is 0 Å². The Morgan fingerprint density at radius 1 is 1.32 bits per heavy atom. The highest BCUT2D eigenvalue weighted by Gasteiger charge is 2.36. The van der Waals surface area contributed by atoms with Crippen LogP contribution < -0.4 is 5.32 Å². The van der Waals surface area contributed by atoms with Crippen molar-refractivity contribution in [2.45, 2.75) is 71.9 Å². The van der Waals surface area contributed by atoms with E-state index < -0.39 is 0 Å². The molecule has 4 heteroatoms. The summed E-state index contributed by atoms with van der Waals surface area (Å²) in [5.74, 6) is 2.12. The molecule has 0 radical (unpaired) electrons. The number of rotatable bonds is 4. The van der Waals surface area contributed by atoms with Crippen LogP contribution in [0.1, 0.15) is 64.6 Å². The maximum absolute atomic E-state index is 4.75. The van der Waals surface area contributed by atoms with E-state index in [9.17, 15) is 0 Å². The molecule has 4 nitrogen and oxygen atoms in total. The zero-order valence-corrected chi connectivity index (χ0v) is 13.0. The molecule has 1 saturated carbocycles. The van der Waals surface area contributed by atoms with E-state index >= 15 is 0 Å². The quantitative estimate of drug-likeness (QED) is 0.909. The second-order valence-electron chi connectivity index (χ2n) is 6.47. The Labute approximate surface area is 117 Å². The molecule has 0 spiro atoms. The van der Waals surface area contributed by atoms with E-state index in [1.165, 1.54) is 19.3 Å². The summed E-state index contributed by atoms with van der Waals surface area (Å²) >= 11 is 0. The Balaban J connectivity index is 2.33. The fraction of sp³-hybridized carbons (Fsp3) is 0.867. The van der Waals surface area contributed by atoms with Crippen LogP contribution in [0.25, 0.3) is 0 Å². The fourth-order valence-electron chi connectivity index (χ4n) is 3.20. The van der Waals surface area contributed by atoms with Gasteiger partial charge in [0.1, 0.15) is 5.82 Å². The second kappa shape index (κ2) is 5.61. The lowest BCUT2D eigenvalue weighted by Crippen LogP contribution is -2.43. The molecule has 1 heterocycles. The summed E-state index contributed by atoms with van der Waals surface area (Å²) in [7, 11) is 2.07. The minimum absolute atomic E-state index is 0.404. The number of likely N-dealkylation sites (N-methyl/N-ethyl adjacent to an activating group) is 1. The topological polar surface area (TPSA) is 42.7 Å². The number of aromatic nitrogens is 3. The first-order valence-corrected chi connectivity index (χ1v) is 7.62. The van der Waals surface area contributed by atoms with Gasteiger partial charge in [0.15, 0.2) is 5.82 Å². The third kappa shape index (κ3) is 2.99. The summed E-state index contributed by atoms with van der Waals surface area (Å²) in [5, 5.41) is 8.23. The fourth-order valence-corrected chi connectivity index (χ4v) is 3.20. The van der Waals surface area contributed by atoms with E-state index in [-0.39, 0.29) is 0 Å². The van der Waals surface area contributed by atoms with Crippen LogP contribution in [0.4, 0.5) is 0 Å². The molecule has 108 valence electrons. The molecule has 1 aliphatic carbocycles. The molecule has 1 fully saturated rings. The summed E-state index contributed by atoms with van der Waals surface area (Å²) in [4.78, 5) is 4.66. The smallest absolute Gasteiger partial charge is 0.150 e. The summed E-state index contributed by atoms with van der Waals surface area (Å²) < 4.78 is 2.21. The normalized spacial score (nSPS) is 26.6. The average molecular weight is 264 g/mol. The van der Waals surface area contributed by atoms with Gasteiger partial charge in [-0.3, -0.25) is 0 Å². The number of aryl methyl sites for hydroxylation is 2. The first-order chi connectivity index (χ1) is 9.00. The van der Waals surface area contributed by atoms with Crippen molar-refractivity contribution in [1.82, 2.24) is 20.1 Å². The number of nitrogens with one attached hydrogen (secondary N) is 1. The molecule has 1 aromatic rings. The molecule has 2 rings (SSSR count). The summed E-state index contributed by atoms with van der Waals surface area (Å²) in [6, 6.07) is 0.959. The molecule has 0 aromatic carbocycles. The highest BCUT2D eigenvalue weighted by molar-refractivity contribution is 5.00. The van der Waals surface area contributed by atoms with Gasteiger partial charge in [-0.2, -0.15) is 5.10 Å². The number of nitrogens with zero attached hydrogens (tertiary/aromatic N) is 3. The molecule has 0 amide bonds. The van der Waals surface area contributed by atoms with E-state index in [4.69, 9.17) is 5.10 Å². The molecule has 0 bridgehead atoms. The van der Waals surface area contributed by atoms with E-state index in [0.717, 1.165) is 24.5 Å². The molecule has 0 saturated heterocycles. The van der Waals surface area contributed by atoms with Gasteiger partial charge in [0.2, 0.25) is 0 Å². The SMILES string of the molecule is CCc1nc(CC)n(C2CC(C)(C)CCC2NC)n1. The van der Waals surface area contributed by atoms with Crippen molar-refractivity contribution in [2.75, 3.05) is 7.05 Å². The third-order valence-electron chi connectivity index (χ3n) is 4.42. The van der Waals surface area contributed by atoms with E-state index in [0.29, 0.717) is 17.5 Å². The zero-order valence-electron chi connectivity index (χ0n) is 13.0. The maximum atomic E-state index is 4.75. The molecule has 2 unspecified atom stereocenters. The van der Waals surface area contributed by atoms with Gasteiger partial charge in [-0.25, -0.2) is 9.67 Å². The minimum Gasteiger partial charge on any atom is -0.315 e. The van der Waals surface area contributed by atoms with Crippen LogP contribution in [0.3, 0.4) is 0 Å². The Morgan fingerprint density at radius 3 is 2.63 bits per heavy atom.